The van der Waals surface area contributed by atoms with E-state index < -0.39 is 0 Å². The summed E-state index contributed by atoms with van der Waals surface area (Å²) < 4.78 is 1.49. The van der Waals surface area contributed by atoms with Gasteiger partial charge in [0.25, 0.3) is 5.91 Å². The molecule has 0 unspecified atom stereocenters. The predicted molar refractivity (Wildman–Crippen MR) is 72.3 cm³/mol. The van der Waals surface area contributed by atoms with E-state index >= 15 is 0 Å². The highest BCUT2D eigenvalue weighted by Gasteiger charge is 2.14. The minimum Gasteiger partial charge on any atom is -0.396 e. The van der Waals surface area contributed by atoms with Gasteiger partial charge in [0.15, 0.2) is 0 Å². The van der Waals surface area contributed by atoms with Gasteiger partial charge in [0, 0.05) is 19.6 Å². The molecule has 0 saturated heterocycles. The number of aryl methyl sites for hydroxylation is 1. The molecule has 0 aliphatic rings. The maximum Gasteiger partial charge on any atom is 0.271 e. The number of anilines is 1. The minimum atomic E-state index is -0.167. The first-order chi connectivity index (χ1) is 8.43. The van der Waals surface area contributed by atoms with E-state index in [0.717, 1.165) is 13.0 Å². The molecule has 0 atom stereocenters. The summed E-state index contributed by atoms with van der Waals surface area (Å²) in [4.78, 5) is 14.1. The maximum absolute atomic E-state index is 11.9. The zero-order valence-electron chi connectivity index (χ0n) is 11.6. The number of hydrogen-bond acceptors (Lipinski definition) is 4. The van der Waals surface area contributed by atoms with E-state index in [0.29, 0.717) is 24.0 Å². The lowest BCUT2D eigenvalue weighted by Crippen LogP contribution is -2.32. The number of nitrogen functional groups attached to an aromatic ring is 1. The van der Waals surface area contributed by atoms with Crippen LogP contribution in [0.25, 0.3) is 0 Å². The number of rotatable bonds is 6. The van der Waals surface area contributed by atoms with Crippen LogP contribution in [0.4, 0.5) is 5.69 Å². The molecule has 102 valence electrons. The maximum atomic E-state index is 11.9. The van der Waals surface area contributed by atoms with Gasteiger partial charge in [0.1, 0.15) is 5.69 Å². The Kier molecular flexibility index (Phi) is 5.15. The summed E-state index contributed by atoms with van der Waals surface area (Å²) in [5.41, 5.74) is 6.52. The Morgan fingerprint density at radius 1 is 1.61 bits per heavy atom. The van der Waals surface area contributed by atoms with Crippen molar-refractivity contribution in [2.45, 2.75) is 26.3 Å². The lowest BCUT2D eigenvalue weighted by atomic mass is 10.3. The topological polar surface area (TPSA) is 76.2 Å². The highest BCUT2D eigenvalue weighted by Crippen LogP contribution is 2.08. The van der Waals surface area contributed by atoms with E-state index in [-0.39, 0.29) is 5.91 Å². The molecule has 1 rings (SSSR count). The van der Waals surface area contributed by atoms with Crippen molar-refractivity contribution in [3.63, 3.8) is 0 Å². The second-order valence-electron chi connectivity index (χ2n) is 4.76. The van der Waals surface area contributed by atoms with Crippen LogP contribution in [-0.4, -0.2) is 46.8 Å². The molecule has 0 fully saturated rings. The van der Waals surface area contributed by atoms with Gasteiger partial charge in [-0.3, -0.25) is 9.48 Å². The van der Waals surface area contributed by atoms with E-state index in [1.165, 1.54) is 10.9 Å². The smallest absolute Gasteiger partial charge is 0.271 e. The average molecular weight is 253 g/mol. The number of aromatic nitrogens is 2. The van der Waals surface area contributed by atoms with Crippen molar-refractivity contribution < 1.29 is 4.79 Å². The van der Waals surface area contributed by atoms with Gasteiger partial charge < -0.3 is 16.0 Å². The van der Waals surface area contributed by atoms with Gasteiger partial charge in [-0.05, 0) is 33.9 Å². The molecule has 0 spiro atoms. The lowest BCUT2D eigenvalue weighted by Gasteiger charge is -2.20. The van der Waals surface area contributed by atoms with Crippen molar-refractivity contribution in [3.05, 3.63) is 11.9 Å². The first-order valence-corrected chi connectivity index (χ1v) is 6.19. The van der Waals surface area contributed by atoms with Crippen molar-refractivity contribution in [2.75, 3.05) is 25.9 Å². The van der Waals surface area contributed by atoms with E-state index in [1.54, 1.807) is 7.05 Å². The van der Waals surface area contributed by atoms with Gasteiger partial charge in [-0.25, -0.2) is 0 Å². The molecule has 0 bridgehead atoms. The lowest BCUT2D eigenvalue weighted by molar-refractivity contribution is 0.0943. The molecule has 6 heteroatoms. The van der Waals surface area contributed by atoms with Crippen molar-refractivity contribution >= 4 is 11.6 Å². The van der Waals surface area contributed by atoms with Gasteiger partial charge in [-0.2, -0.15) is 5.10 Å². The Bertz CT molecular complexity index is 380. The highest BCUT2D eigenvalue weighted by molar-refractivity contribution is 5.97. The molecular formula is C12H23N5O. The van der Waals surface area contributed by atoms with Crippen LogP contribution in [0.15, 0.2) is 6.20 Å². The Hall–Kier alpha value is -1.56. The van der Waals surface area contributed by atoms with Crippen LogP contribution in [0.2, 0.25) is 0 Å². The van der Waals surface area contributed by atoms with Crippen LogP contribution in [0.5, 0.6) is 0 Å². The summed E-state index contributed by atoms with van der Waals surface area (Å²) in [6.07, 6.45) is 2.40. The van der Waals surface area contributed by atoms with Crippen molar-refractivity contribution in [1.29, 1.82) is 0 Å². The largest absolute Gasteiger partial charge is 0.396 e. The number of nitrogens with two attached hydrogens (primary N) is 1. The fourth-order valence-corrected chi connectivity index (χ4v) is 1.60. The fraction of sp³-hybridized carbons (Fsp3) is 0.667. The molecular weight excluding hydrogens is 230 g/mol. The highest BCUT2D eigenvalue weighted by atomic mass is 16.2. The number of amides is 1. The summed E-state index contributed by atoms with van der Waals surface area (Å²) in [5, 5.41) is 6.79. The number of carbonyl (C=O) groups excluding carboxylic acids is 1. The quantitative estimate of drug-likeness (QED) is 0.722. The van der Waals surface area contributed by atoms with Gasteiger partial charge >= 0.3 is 0 Å². The SMILES string of the molecule is CC(C)N(C)CCCNC(=O)c1c(N)cnn1C. The Balaban J connectivity index is 2.35. The summed E-state index contributed by atoms with van der Waals surface area (Å²) in [6.45, 7) is 5.89. The second-order valence-corrected chi connectivity index (χ2v) is 4.76. The molecule has 1 aromatic rings. The molecule has 0 saturated carbocycles. The van der Waals surface area contributed by atoms with Gasteiger partial charge in [-0.1, -0.05) is 0 Å². The number of nitrogens with zero attached hydrogens (tertiary/aromatic N) is 3. The molecule has 18 heavy (non-hydrogen) atoms. The number of hydrogen-bond donors (Lipinski definition) is 2. The standard InChI is InChI=1S/C12H23N5O/c1-9(2)16(3)7-5-6-14-12(18)11-10(13)8-15-17(11)4/h8-9H,5-7,13H2,1-4H3,(H,14,18). The van der Waals surface area contributed by atoms with E-state index in [2.05, 4.69) is 36.2 Å². The summed E-state index contributed by atoms with van der Waals surface area (Å²) in [6, 6.07) is 0.522. The zero-order valence-corrected chi connectivity index (χ0v) is 11.6. The van der Waals surface area contributed by atoms with Crippen LogP contribution in [-0.2, 0) is 7.05 Å². The Labute approximate surface area is 108 Å². The van der Waals surface area contributed by atoms with Crippen LogP contribution in [0, 0.1) is 0 Å². The monoisotopic (exact) mass is 253 g/mol. The normalized spacial score (nSPS) is 11.2. The Morgan fingerprint density at radius 2 is 2.28 bits per heavy atom. The van der Waals surface area contributed by atoms with Gasteiger partial charge in [0.05, 0.1) is 11.9 Å². The van der Waals surface area contributed by atoms with Crippen LogP contribution in [0.3, 0.4) is 0 Å². The third-order valence-corrected chi connectivity index (χ3v) is 3.04. The Morgan fingerprint density at radius 3 is 2.78 bits per heavy atom. The number of carbonyl (C=O) groups is 1. The first-order valence-electron chi connectivity index (χ1n) is 6.19. The molecule has 6 nitrogen and oxygen atoms in total. The fourth-order valence-electron chi connectivity index (χ4n) is 1.60. The predicted octanol–water partition coefficient (Wildman–Crippen LogP) is 0.462. The molecule has 1 amide bonds. The van der Waals surface area contributed by atoms with E-state index in [9.17, 15) is 4.79 Å². The zero-order chi connectivity index (χ0) is 13.7. The molecule has 1 heterocycles. The molecule has 0 aromatic carbocycles. The molecule has 0 radical (unpaired) electrons. The third-order valence-electron chi connectivity index (χ3n) is 3.04. The van der Waals surface area contributed by atoms with Gasteiger partial charge in [0.2, 0.25) is 0 Å². The first kappa shape index (κ1) is 14.5. The van der Waals surface area contributed by atoms with Crippen LogP contribution >= 0.6 is 0 Å². The van der Waals surface area contributed by atoms with Gasteiger partial charge in [-0.15, -0.1) is 0 Å². The van der Waals surface area contributed by atoms with E-state index in [4.69, 9.17) is 5.73 Å². The number of nitrogens with one attached hydrogen (secondary N) is 1. The van der Waals surface area contributed by atoms with Crippen LogP contribution < -0.4 is 11.1 Å². The second kappa shape index (κ2) is 6.39. The van der Waals surface area contributed by atoms with Crippen molar-refractivity contribution in [2.24, 2.45) is 7.05 Å². The van der Waals surface area contributed by atoms with Crippen LogP contribution in [0.1, 0.15) is 30.8 Å². The molecule has 0 aliphatic carbocycles. The van der Waals surface area contributed by atoms with E-state index in [1.807, 2.05) is 0 Å². The van der Waals surface area contributed by atoms with Crippen molar-refractivity contribution in [3.8, 4) is 0 Å². The minimum absolute atomic E-state index is 0.167. The molecule has 3 N–H and O–H groups in total. The third kappa shape index (κ3) is 3.73. The molecule has 1 aromatic heterocycles. The summed E-state index contributed by atoms with van der Waals surface area (Å²) in [7, 11) is 3.78. The summed E-state index contributed by atoms with van der Waals surface area (Å²) in [5.74, 6) is -0.167. The summed E-state index contributed by atoms with van der Waals surface area (Å²) >= 11 is 0. The van der Waals surface area contributed by atoms with Crippen molar-refractivity contribution in [1.82, 2.24) is 20.0 Å². The molecule has 0 aliphatic heterocycles. The average Bonchev–Trinajstić information content (AvgIpc) is 2.63.